The van der Waals surface area contributed by atoms with E-state index >= 15 is 0 Å². The number of nitrogens with zero attached hydrogens (tertiary/aromatic N) is 3. The normalized spacial score (nSPS) is 19.5. The molecule has 2 fully saturated rings. The van der Waals surface area contributed by atoms with E-state index in [2.05, 4.69) is 32.8 Å². The van der Waals surface area contributed by atoms with Gasteiger partial charge in [-0.25, -0.2) is 4.98 Å². The van der Waals surface area contributed by atoms with Gasteiger partial charge < -0.3 is 10.6 Å². The number of nitrogens with one attached hydrogen (secondary N) is 2. The number of hydrogen-bond donors (Lipinski definition) is 2. The number of rotatable bonds is 7. The minimum absolute atomic E-state index is 0. The second-order valence-electron chi connectivity index (χ2n) is 7.08. The van der Waals surface area contributed by atoms with Crippen LogP contribution in [0.1, 0.15) is 43.3 Å². The highest BCUT2D eigenvalue weighted by Crippen LogP contribution is 2.27. The third kappa shape index (κ3) is 7.02. The molecule has 0 amide bonds. The van der Waals surface area contributed by atoms with Crippen LogP contribution < -0.4 is 10.6 Å². The molecule has 7 heteroatoms. The zero-order valence-corrected chi connectivity index (χ0v) is 18.6. The highest BCUT2D eigenvalue weighted by Gasteiger charge is 2.22. The zero-order valence-electron chi connectivity index (χ0n) is 15.5. The van der Waals surface area contributed by atoms with Crippen molar-refractivity contribution in [1.29, 1.82) is 0 Å². The molecule has 1 saturated carbocycles. The standard InChI is InChI=1S/C18H31N5S.HI/c1-3-17-22-16(13-24-17)12-23-8-6-15(7-9-23)11-21-18(19-2)20-10-14-4-5-14;/h13-15H,3-12H2,1-2H3,(H2,19,20,21);1H. The molecule has 1 aliphatic heterocycles. The summed E-state index contributed by atoms with van der Waals surface area (Å²) in [5, 5.41) is 10.4. The van der Waals surface area contributed by atoms with E-state index in [0.29, 0.717) is 0 Å². The van der Waals surface area contributed by atoms with Crippen molar-refractivity contribution < 1.29 is 0 Å². The van der Waals surface area contributed by atoms with Gasteiger partial charge in [0, 0.05) is 32.1 Å². The van der Waals surface area contributed by atoms with Gasteiger partial charge in [0.1, 0.15) is 0 Å². The molecule has 142 valence electrons. The first-order chi connectivity index (χ1) is 11.8. The molecule has 1 aromatic heterocycles. The number of guanidine groups is 1. The summed E-state index contributed by atoms with van der Waals surface area (Å²) in [5.41, 5.74) is 1.25. The quantitative estimate of drug-likeness (QED) is 0.360. The summed E-state index contributed by atoms with van der Waals surface area (Å²) in [6.07, 6.45) is 6.33. The van der Waals surface area contributed by atoms with Crippen molar-refractivity contribution in [2.24, 2.45) is 16.8 Å². The second-order valence-corrected chi connectivity index (χ2v) is 8.03. The number of aryl methyl sites for hydroxylation is 1. The average Bonchev–Trinajstić information content (AvgIpc) is 3.34. The maximum absolute atomic E-state index is 4.69. The van der Waals surface area contributed by atoms with Gasteiger partial charge in [0.05, 0.1) is 10.7 Å². The van der Waals surface area contributed by atoms with Gasteiger partial charge in [-0.2, -0.15) is 0 Å². The topological polar surface area (TPSA) is 52.6 Å². The Bertz CT molecular complexity index is 535. The molecule has 2 N–H and O–H groups in total. The molecular weight excluding hydrogens is 445 g/mol. The molecule has 1 aliphatic carbocycles. The first-order valence-corrected chi connectivity index (χ1v) is 10.2. The lowest BCUT2D eigenvalue weighted by Crippen LogP contribution is -2.43. The molecule has 1 saturated heterocycles. The molecule has 3 rings (SSSR count). The molecule has 2 heterocycles. The fourth-order valence-corrected chi connectivity index (χ4v) is 3.92. The summed E-state index contributed by atoms with van der Waals surface area (Å²) in [7, 11) is 1.86. The SMILES string of the molecule is CCc1nc(CN2CCC(CNC(=NC)NCC3CC3)CC2)cs1.I. The first-order valence-electron chi connectivity index (χ1n) is 9.37. The van der Waals surface area contributed by atoms with Gasteiger partial charge in [0.15, 0.2) is 5.96 Å². The molecule has 0 bridgehead atoms. The summed E-state index contributed by atoms with van der Waals surface area (Å²) in [4.78, 5) is 11.6. The van der Waals surface area contributed by atoms with Crippen LogP contribution in [0.15, 0.2) is 10.4 Å². The van der Waals surface area contributed by atoms with E-state index in [1.54, 1.807) is 11.3 Å². The smallest absolute Gasteiger partial charge is 0.190 e. The molecule has 5 nitrogen and oxygen atoms in total. The van der Waals surface area contributed by atoms with Crippen molar-refractivity contribution in [3.63, 3.8) is 0 Å². The van der Waals surface area contributed by atoms with Crippen molar-refractivity contribution in [1.82, 2.24) is 20.5 Å². The molecule has 0 atom stereocenters. The van der Waals surface area contributed by atoms with Gasteiger partial charge in [-0.3, -0.25) is 9.89 Å². The van der Waals surface area contributed by atoms with Crippen LogP contribution >= 0.6 is 35.3 Å². The fourth-order valence-electron chi connectivity index (χ4n) is 3.19. The summed E-state index contributed by atoms with van der Waals surface area (Å²) < 4.78 is 0. The van der Waals surface area contributed by atoms with Gasteiger partial charge >= 0.3 is 0 Å². The summed E-state index contributed by atoms with van der Waals surface area (Å²) in [6.45, 7) is 7.66. The Kier molecular flexibility index (Phi) is 8.92. The number of aromatic nitrogens is 1. The van der Waals surface area contributed by atoms with Crippen LogP contribution in [0.4, 0.5) is 0 Å². The van der Waals surface area contributed by atoms with Crippen LogP contribution in [0.2, 0.25) is 0 Å². The Labute approximate surface area is 173 Å². The highest BCUT2D eigenvalue weighted by molar-refractivity contribution is 14.0. The van der Waals surface area contributed by atoms with E-state index in [4.69, 9.17) is 4.98 Å². The lowest BCUT2D eigenvalue weighted by atomic mass is 9.97. The summed E-state index contributed by atoms with van der Waals surface area (Å²) in [6, 6.07) is 0. The van der Waals surface area contributed by atoms with E-state index in [-0.39, 0.29) is 24.0 Å². The van der Waals surface area contributed by atoms with Gasteiger partial charge in [-0.1, -0.05) is 6.92 Å². The highest BCUT2D eigenvalue weighted by atomic mass is 127. The monoisotopic (exact) mass is 477 g/mol. The minimum Gasteiger partial charge on any atom is -0.356 e. The lowest BCUT2D eigenvalue weighted by molar-refractivity contribution is 0.176. The van der Waals surface area contributed by atoms with Crippen LogP contribution in [0.25, 0.3) is 0 Å². The van der Waals surface area contributed by atoms with Gasteiger partial charge in [0.25, 0.3) is 0 Å². The molecule has 0 radical (unpaired) electrons. The largest absolute Gasteiger partial charge is 0.356 e. The van der Waals surface area contributed by atoms with Crippen molar-refractivity contribution in [3.8, 4) is 0 Å². The maximum atomic E-state index is 4.69. The Morgan fingerprint density at radius 3 is 2.36 bits per heavy atom. The van der Waals surface area contributed by atoms with E-state index in [1.807, 2.05) is 7.05 Å². The molecule has 0 unspecified atom stereocenters. The first kappa shape index (κ1) is 20.9. The molecule has 0 spiro atoms. The number of hydrogen-bond acceptors (Lipinski definition) is 4. The average molecular weight is 477 g/mol. The van der Waals surface area contributed by atoms with E-state index in [1.165, 1.54) is 49.5 Å². The number of likely N-dealkylation sites (tertiary alicyclic amines) is 1. The third-order valence-corrected chi connectivity index (χ3v) is 6.07. The van der Waals surface area contributed by atoms with E-state index in [0.717, 1.165) is 43.9 Å². The number of halogens is 1. The predicted molar refractivity (Wildman–Crippen MR) is 117 cm³/mol. The predicted octanol–water partition coefficient (Wildman–Crippen LogP) is 3.11. The number of piperidine rings is 1. The second kappa shape index (κ2) is 10.7. The zero-order chi connectivity index (χ0) is 16.8. The number of thiazole rings is 1. The van der Waals surface area contributed by atoms with Crippen LogP contribution in [0.5, 0.6) is 0 Å². The fraction of sp³-hybridized carbons (Fsp3) is 0.778. The van der Waals surface area contributed by atoms with Crippen LogP contribution in [0.3, 0.4) is 0 Å². The van der Waals surface area contributed by atoms with E-state index in [9.17, 15) is 0 Å². The summed E-state index contributed by atoms with van der Waals surface area (Å²) >= 11 is 1.80. The van der Waals surface area contributed by atoms with Crippen LogP contribution in [-0.2, 0) is 13.0 Å². The van der Waals surface area contributed by atoms with E-state index < -0.39 is 0 Å². The van der Waals surface area contributed by atoms with Crippen LogP contribution in [-0.4, -0.2) is 49.1 Å². The Hall–Kier alpha value is -0.410. The molecule has 25 heavy (non-hydrogen) atoms. The van der Waals surface area contributed by atoms with Crippen molar-refractivity contribution >= 4 is 41.3 Å². The number of aliphatic imine (C=N–C) groups is 1. The third-order valence-electron chi connectivity index (χ3n) is 5.03. The summed E-state index contributed by atoms with van der Waals surface area (Å²) in [5.74, 6) is 2.60. The molecule has 1 aromatic rings. The lowest BCUT2D eigenvalue weighted by Gasteiger charge is -2.31. The molecule has 0 aromatic carbocycles. The van der Waals surface area contributed by atoms with Crippen LogP contribution in [0, 0.1) is 11.8 Å². The van der Waals surface area contributed by atoms with Crippen molar-refractivity contribution in [2.75, 3.05) is 33.2 Å². The minimum atomic E-state index is 0. The van der Waals surface area contributed by atoms with Gasteiger partial charge in [-0.05, 0) is 57.0 Å². The van der Waals surface area contributed by atoms with Gasteiger partial charge in [-0.15, -0.1) is 35.3 Å². The Balaban J connectivity index is 0.00000225. The van der Waals surface area contributed by atoms with Gasteiger partial charge in [0.2, 0.25) is 0 Å². The van der Waals surface area contributed by atoms with Crippen molar-refractivity contribution in [3.05, 3.63) is 16.1 Å². The Morgan fingerprint density at radius 2 is 1.84 bits per heavy atom. The maximum Gasteiger partial charge on any atom is 0.190 e. The molecule has 2 aliphatic rings. The molecular formula is C18H32IN5S. The van der Waals surface area contributed by atoms with Crippen molar-refractivity contribution in [2.45, 2.75) is 45.6 Å². The Morgan fingerprint density at radius 1 is 1.20 bits per heavy atom.